The van der Waals surface area contributed by atoms with Crippen LogP contribution in [0, 0.1) is 18.3 Å². The van der Waals surface area contributed by atoms with E-state index in [1.54, 1.807) is 18.5 Å². The summed E-state index contributed by atoms with van der Waals surface area (Å²) in [5, 5.41) is 12.2. The number of aromatic nitrogens is 2. The van der Waals surface area contributed by atoms with Gasteiger partial charge in [0.25, 0.3) is 0 Å². The molecule has 0 saturated heterocycles. The van der Waals surface area contributed by atoms with Crippen LogP contribution in [0.2, 0.25) is 0 Å². The number of allylic oxidation sites excluding steroid dienone is 3. The van der Waals surface area contributed by atoms with Gasteiger partial charge in [-0.05, 0) is 50.8 Å². The number of hydrogen-bond acceptors (Lipinski definition) is 4. The van der Waals surface area contributed by atoms with Gasteiger partial charge in [-0.1, -0.05) is 68.8 Å². The molecule has 0 unspecified atom stereocenters. The van der Waals surface area contributed by atoms with Crippen molar-refractivity contribution in [3.63, 3.8) is 0 Å². The van der Waals surface area contributed by atoms with Crippen molar-refractivity contribution in [3.05, 3.63) is 78.0 Å². The first-order chi connectivity index (χ1) is 16.9. The molecule has 0 amide bonds. The van der Waals surface area contributed by atoms with Gasteiger partial charge in [0.1, 0.15) is 17.4 Å². The molecule has 1 aliphatic rings. The molecule has 2 N–H and O–H groups in total. The maximum Gasteiger partial charge on any atom is 0.160 e. The van der Waals surface area contributed by atoms with Crippen LogP contribution < -0.4 is 5.32 Å². The Morgan fingerprint density at radius 2 is 2.00 bits per heavy atom. The number of rotatable bonds is 13. The molecule has 1 saturated carbocycles. The van der Waals surface area contributed by atoms with Gasteiger partial charge in [-0.3, -0.25) is 10.4 Å². The van der Waals surface area contributed by atoms with E-state index >= 15 is 0 Å². The van der Waals surface area contributed by atoms with Crippen LogP contribution in [0.25, 0.3) is 5.57 Å². The predicted octanol–water partition coefficient (Wildman–Crippen LogP) is 6.64. The lowest BCUT2D eigenvalue weighted by Gasteiger charge is -2.22. The summed E-state index contributed by atoms with van der Waals surface area (Å²) in [7, 11) is 1.96. The molecule has 1 heterocycles. The van der Waals surface area contributed by atoms with E-state index in [9.17, 15) is 0 Å². The topological polar surface area (TPSA) is 69.3 Å². The Morgan fingerprint density at radius 1 is 1.29 bits per heavy atom. The van der Waals surface area contributed by atoms with Crippen molar-refractivity contribution >= 4 is 23.4 Å². The summed E-state index contributed by atoms with van der Waals surface area (Å²) in [6, 6.07) is 8.54. The fourth-order valence-corrected chi connectivity index (χ4v) is 4.20. The van der Waals surface area contributed by atoms with E-state index in [4.69, 9.17) is 15.4 Å². The van der Waals surface area contributed by atoms with Gasteiger partial charge in [0.2, 0.25) is 0 Å². The van der Waals surface area contributed by atoms with Crippen molar-refractivity contribution in [1.82, 2.24) is 14.5 Å². The molecule has 186 valence electrons. The number of amidine groups is 1. The molecule has 6 heteroatoms. The Bertz CT molecular complexity index is 1100. The van der Waals surface area contributed by atoms with Gasteiger partial charge in [0, 0.05) is 37.6 Å². The molecule has 0 radical (unpaired) electrons. The van der Waals surface area contributed by atoms with Crippen molar-refractivity contribution in [1.29, 1.82) is 5.41 Å². The van der Waals surface area contributed by atoms with Crippen molar-refractivity contribution in [2.45, 2.75) is 59.4 Å². The number of nitrogens with one attached hydrogen (secondary N) is 2. The molecule has 2 aromatic rings. The van der Waals surface area contributed by atoms with E-state index in [2.05, 4.69) is 68.1 Å². The number of benzene rings is 1. The number of aryl methyl sites for hydroxylation is 1. The van der Waals surface area contributed by atoms with Crippen LogP contribution in [0.15, 0.2) is 60.4 Å². The maximum atomic E-state index is 9.05. The van der Waals surface area contributed by atoms with Crippen molar-refractivity contribution in [3.8, 4) is 0 Å². The Morgan fingerprint density at radius 3 is 2.60 bits per heavy atom. The SMILES string of the molecule is C=C/C=N\C(CCC1CC1)=C(/C)c1nc(NC=C)c(C(=N)N(C)CCC)n1Cc1ccc(C)cc1. The van der Waals surface area contributed by atoms with E-state index < -0.39 is 0 Å². The third-order valence-corrected chi connectivity index (χ3v) is 6.42. The Balaban J connectivity index is 2.18. The highest BCUT2D eigenvalue weighted by molar-refractivity contribution is 6.00. The quantitative estimate of drug-likeness (QED) is 0.254. The molecule has 1 aromatic heterocycles. The number of aliphatic imine (C=N–C) groups is 1. The summed E-state index contributed by atoms with van der Waals surface area (Å²) in [6.07, 6.45) is 10.7. The minimum Gasteiger partial charge on any atom is -0.358 e. The minimum absolute atomic E-state index is 0.434. The van der Waals surface area contributed by atoms with Gasteiger partial charge in [0.15, 0.2) is 5.82 Å². The van der Waals surface area contributed by atoms with Gasteiger partial charge in [-0.2, -0.15) is 0 Å². The lowest BCUT2D eigenvalue weighted by Crippen LogP contribution is -2.30. The molecule has 3 rings (SSSR count). The first-order valence-electron chi connectivity index (χ1n) is 12.6. The maximum absolute atomic E-state index is 9.05. The second-order valence-corrected chi connectivity index (χ2v) is 9.39. The van der Waals surface area contributed by atoms with Crippen molar-refractivity contribution in [2.24, 2.45) is 10.9 Å². The zero-order valence-corrected chi connectivity index (χ0v) is 21.8. The highest BCUT2D eigenvalue weighted by atomic mass is 15.2. The molecule has 0 bridgehead atoms. The van der Waals surface area contributed by atoms with Crippen molar-refractivity contribution in [2.75, 3.05) is 18.9 Å². The van der Waals surface area contributed by atoms with Crippen LogP contribution in [-0.2, 0) is 6.54 Å². The largest absolute Gasteiger partial charge is 0.358 e. The molecular formula is C29H40N6. The Kier molecular flexibility index (Phi) is 9.24. The number of nitrogens with zero attached hydrogens (tertiary/aromatic N) is 4. The standard InChI is InChI=1S/C29H40N6/c1-7-18-32-25(17-16-23-14-15-23)22(5)29-33-28(31-9-3)26(27(30)34(6)19-8-2)35(29)20-24-12-10-21(4)11-13-24/h7,9-13,18,23,30-31H,1,3,8,14-17,19-20H2,2,4-6H3/b25-22+,30-27?,32-18-. The lowest BCUT2D eigenvalue weighted by atomic mass is 10.1. The normalized spacial score (nSPS) is 14.1. The van der Waals surface area contributed by atoms with Crippen molar-refractivity contribution < 1.29 is 0 Å². The molecule has 0 atom stereocenters. The third-order valence-electron chi connectivity index (χ3n) is 6.42. The lowest BCUT2D eigenvalue weighted by molar-refractivity contribution is 0.495. The minimum atomic E-state index is 0.434. The van der Waals surface area contributed by atoms with Gasteiger partial charge in [0.05, 0.1) is 0 Å². The van der Waals surface area contributed by atoms with Crippen LogP contribution >= 0.6 is 0 Å². The zero-order chi connectivity index (χ0) is 25.4. The number of anilines is 1. The second kappa shape index (κ2) is 12.3. The number of imidazole rings is 1. The summed E-state index contributed by atoms with van der Waals surface area (Å²) in [5.41, 5.74) is 5.19. The summed E-state index contributed by atoms with van der Waals surface area (Å²) in [4.78, 5) is 11.7. The average Bonchev–Trinajstić information content (AvgIpc) is 3.61. The first kappa shape index (κ1) is 26.2. The van der Waals surface area contributed by atoms with Crippen LogP contribution in [-0.4, -0.2) is 40.1 Å². The monoisotopic (exact) mass is 472 g/mol. The van der Waals surface area contributed by atoms with E-state index in [1.165, 1.54) is 18.4 Å². The van der Waals surface area contributed by atoms with E-state index in [-0.39, 0.29) is 0 Å². The van der Waals surface area contributed by atoms with E-state index in [0.717, 1.165) is 60.1 Å². The molecule has 35 heavy (non-hydrogen) atoms. The Labute approximate surface area is 210 Å². The third kappa shape index (κ3) is 6.81. The fraction of sp³-hybridized carbons (Fsp3) is 0.414. The van der Waals surface area contributed by atoms with E-state index in [0.29, 0.717) is 18.2 Å². The smallest absolute Gasteiger partial charge is 0.160 e. The van der Waals surface area contributed by atoms with Gasteiger partial charge in [-0.25, -0.2) is 4.98 Å². The van der Waals surface area contributed by atoms with Gasteiger partial charge >= 0.3 is 0 Å². The molecule has 1 aliphatic carbocycles. The summed E-state index contributed by atoms with van der Waals surface area (Å²) in [6.45, 7) is 15.4. The second-order valence-electron chi connectivity index (χ2n) is 9.39. The average molecular weight is 473 g/mol. The van der Waals surface area contributed by atoms with Gasteiger partial charge < -0.3 is 14.8 Å². The molecule has 0 aliphatic heterocycles. The van der Waals surface area contributed by atoms with Crippen LogP contribution in [0.4, 0.5) is 5.82 Å². The summed E-state index contributed by atoms with van der Waals surface area (Å²) < 4.78 is 2.15. The first-order valence-corrected chi connectivity index (χ1v) is 12.6. The summed E-state index contributed by atoms with van der Waals surface area (Å²) >= 11 is 0. The van der Waals surface area contributed by atoms with Crippen LogP contribution in [0.1, 0.15) is 68.6 Å². The molecule has 0 spiro atoms. The zero-order valence-electron chi connectivity index (χ0n) is 21.8. The molecular weight excluding hydrogens is 432 g/mol. The van der Waals surface area contributed by atoms with Crippen LogP contribution in [0.5, 0.6) is 0 Å². The highest BCUT2D eigenvalue weighted by Crippen LogP contribution is 2.36. The summed E-state index contributed by atoms with van der Waals surface area (Å²) in [5.74, 6) is 2.72. The Hall–Kier alpha value is -3.41. The van der Waals surface area contributed by atoms with Gasteiger partial charge in [-0.15, -0.1) is 0 Å². The molecule has 1 fully saturated rings. The fourth-order valence-electron chi connectivity index (χ4n) is 4.20. The van der Waals surface area contributed by atoms with E-state index in [1.807, 2.05) is 11.9 Å². The predicted molar refractivity (Wildman–Crippen MR) is 149 cm³/mol. The number of hydrogen-bond donors (Lipinski definition) is 2. The highest BCUT2D eigenvalue weighted by Gasteiger charge is 2.26. The molecule has 6 nitrogen and oxygen atoms in total. The molecule has 1 aromatic carbocycles. The van der Waals surface area contributed by atoms with Crippen LogP contribution in [0.3, 0.4) is 0 Å².